The van der Waals surface area contributed by atoms with Gasteiger partial charge in [0.1, 0.15) is 11.9 Å². The van der Waals surface area contributed by atoms with E-state index < -0.39 is 16.8 Å². The van der Waals surface area contributed by atoms with Crippen LogP contribution in [0.4, 0.5) is 18.9 Å². The molecule has 0 unspecified atom stereocenters. The fourth-order valence-electron chi connectivity index (χ4n) is 3.11. The van der Waals surface area contributed by atoms with Gasteiger partial charge in [-0.15, -0.1) is 0 Å². The molecule has 2 heterocycles. The predicted molar refractivity (Wildman–Crippen MR) is 100 cm³/mol. The average Bonchev–Trinajstić information content (AvgIpc) is 3.32. The molecule has 0 aliphatic heterocycles. The molecule has 3 rings (SSSR count). The van der Waals surface area contributed by atoms with Crippen molar-refractivity contribution in [3.8, 4) is 0 Å². The lowest BCUT2D eigenvalue weighted by Crippen LogP contribution is -2.26. The number of carbonyl (C=O) groups is 1. The van der Waals surface area contributed by atoms with Crippen molar-refractivity contribution in [3.63, 3.8) is 0 Å². The van der Waals surface area contributed by atoms with Gasteiger partial charge in [-0.05, 0) is 26.2 Å². The molecule has 1 saturated carbocycles. The lowest BCUT2D eigenvalue weighted by molar-refractivity contribution is -0.385. The first-order chi connectivity index (χ1) is 14.1. The molecule has 1 amide bonds. The lowest BCUT2D eigenvalue weighted by atomic mass is 10.2. The maximum absolute atomic E-state index is 13.1. The normalized spacial score (nSPS) is 14.2. The molecule has 1 fully saturated rings. The molecule has 2 aromatic rings. The minimum absolute atomic E-state index is 0.00252. The number of carbonyl (C=O) groups excluding carboxylic acids is 1. The molecule has 0 bridgehead atoms. The summed E-state index contributed by atoms with van der Waals surface area (Å²) in [6.07, 6.45) is -1.33. The third-order valence-corrected chi connectivity index (χ3v) is 5.09. The van der Waals surface area contributed by atoms with Gasteiger partial charge in [-0.3, -0.25) is 24.3 Å². The largest absolute Gasteiger partial charge is 0.436 e. The number of alkyl halides is 3. The topological polar surface area (TPSA) is 108 Å². The second-order valence-corrected chi connectivity index (χ2v) is 7.49. The van der Waals surface area contributed by atoms with Gasteiger partial charge in [0.25, 0.3) is 0 Å². The number of hydrogen-bond acceptors (Lipinski definition) is 5. The molecule has 0 radical (unpaired) electrons. The van der Waals surface area contributed by atoms with Gasteiger partial charge in [-0.1, -0.05) is 11.6 Å². The van der Waals surface area contributed by atoms with Crippen molar-refractivity contribution in [2.45, 2.75) is 57.8 Å². The highest BCUT2D eigenvalue weighted by Crippen LogP contribution is 2.46. The van der Waals surface area contributed by atoms with Crippen LogP contribution in [0.3, 0.4) is 0 Å². The van der Waals surface area contributed by atoms with E-state index in [0.29, 0.717) is 12.1 Å². The van der Waals surface area contributed by atoms with E-state index in [-0.39, 0.29) is 54.3 Å². The highest BCUT2D eigenvalue weighted by Gasteiger charge is 2.41. The summed E-state index contributed by atoms with van der Waals surface area (Å²) in [6.45, 7) is 2.14. The summed E-state index contributed by atoms with van der Waals surface area (Å²) < 4.78 is 41.8. The second-order valence-electron chi connectivity index (χ2n) is 7.12. The Kier molecular flexibility index (Phi) is 6.34. The molecular formula is C17H20ClF3N6O3. The maximum atomic E-state index is 13.1. The molecule has 1 aliphatic carbocycles. The molecule has 13 heteroatoms. The van der Waals surface area contributed by atoms with Crippen LogP contribution < -0.4 is 5.32 Å². The molecule has 0 spiro atoms. The zero-order valence-corrected chi connectivity index (χ0v) is 16.8. The molecule has 0 saturated heterocycles. The van der Waals surface area contributed by atoms with Crippen LogP contribution in [0.1, 0.15) is 48.7 Å². The Morgan fingerprint density at radius 3 is 2.63 bits per heavy atom. The van der Waals surface area contributed by atoms with Crippen LogP contribution in [-0.4, -0.2) is 36.9 Å². The Hall–Kier alpha value is -2.63. The highest BCUT2D eigenvalue weighted by molar-refractivity contribution is 6.32. The molecule has 0 aromatic carbocycles. The first-order valence-corrected chi connectivity index (χ1v) is 9.74. The Balaban J connectivity index is 1.47. The van der Waals surface area contributed by atoms with Crippen molar-refractivity contribution >= 4 is 23.2 Å². The third kappa shape index (κ3) is 5.10. The van der Waals surface area contributed by atoms with Crippen LogP contribution in [0, 0.1) is 17.0 Å². The van der Waals surface area contributed by atoms with Gasteiger partial charge < -0.3 is 5.32 Å². The van der Waals surface area contributed by atoms with Crippen molar-refractivity contribution in [3.05, 3.63) is 38.4 Å². The van der Waals surface area contributed by atoms with Gasteiger partial charge in [-0.25, -0.2) is 0 Å². The minimum Gasteiger partial charge on any atom is -0.356 e. The number of nitrogens with one attached hydrogen (secondary N) is 1. The smallest absolute Gasteiger partial charge is 0.356 e. The van der Waals surface area contributed by atoms with Crippen LogP contribution in [-0.2, 0) is 24.1 Å². The Labute approximate surface area is 174 Å². The quantitative estimate of drug-likeness (QED) is 0.359. The van der Waals surface area contributed by atoms with E-state index in [0.717, 1.165) is 12.8 Å². The number of aromatic nitrogens is 4. The van der Waals surface area contributed by atoms with Gasteiger partial charge in [0.15, 0.2) is 5.69 Å². The zero-order valence-electron chi connectivity index (χ0n) is 16.1. The highest BCUT2D eigenvalue weighted by atomic mass is 35.5. The average molecular weight is 449 g/mol. The summed E-state index contributed by atoms with van der Waals surface area (Å²) in [5.41, 5.74) is -0.509. The fraction of sp³-hybridized carbons (Fsp3) is 0.588. The Bertz CT molecular complexity index is 951. The standard InChI is InChI=1S/C17H20ClF3N6O3/c1-10-12(27(29)30)9-25(23-10)8-5-13(28)22-6-2-7-26-15(11-3-4-11)14(18)16(24-26)17(19,20)21/h9,11H,2-8H2,1H3,(H,22,28). The van der Waals surface area contributed by atoms with Crippen molar-refractivity contribution < 1.29 is 22.9 Å². The molecule has 1 aliphatic rings. The number of nitro groups is 1. The summed E-state index contributed by atoms with van der Waals surface area (Å²) in [4.78, 5) is 22.2. The van der Waals surface area contributed by atoms with Gasteiger partial charge in [0.2, 0.25) is 5.91 Å². The molecular weight excluding hydrogens is 429 g/mol. The summed E-state index contributed by atoms with van der Waals surface area (Å²) in [5.74, 6) is -0.292. The maximum Gasteiger partial charge on any atom is 0.436 e. The van der Waals surface area contributed by atoms with Crippen molar-refractivity contribution in [2.24, 2.45) is 0 Å². The van der Waals surface area contributed by atoms with Gasteiger partial charge in [-0.2, -0.15) is 23.4 Å². The van der Waals surface area contributed by atoms with Crippen LogP contribution in [0.2, 0.25) is 5.02 Å². The molecule has 1 N–H and O–H groups in total. The van der Waals surface area contributed by atoms with E-state index in [2.05, 4.69) is 15.5 Å². The number of hydrogen-bond donors (Lipinski definition) is 1. The van der Waals surface area contributed by atoms with E-state index in [4.69, 9.17) is 11.6 Å². The zero-order chi connectivity index (χ0) is 22.1. The minimum atomic E-state index is -4.61. The first kappa shape index (κ1) is 22.1. The van der Waals surface area contributed by atoms with E-state index in [1.165, 1.54) is 22.5 Å². The van der Waals surface area contributed by atoms with Gasteiger partial charge in [0.05, 0.1) is 15.6 Å². The monoisotopic (exact) mass is 448 g/mol. The van der Waals surface area contributed by atoms with Crippen LogP contribution in [0.5, 0.6) is 0 Å². The van der Waals surface area contributed by atoms with E-state index in [9.17, 15) is 28.1 Å². The first-order valence-electron chi connectivity index (χ1n) is 9.36. The van der Waals surface area contributed by atoms with Crippen molar-refractivity contribution in [2.75, 3.05) is 6.54 Å². The SMILES string of the molecule is Cc1nn(CCC(=O)NCCCn2nc(C(F)(F)F)c(Cl)c2C2CC2)cc1[N+](=O)[O-]. The van der Waals surface area contributed by atoms with E-state index >= 15 is 0 Å². The molecule has 164 valence electrons. The predicted octanol–water partition coefficient (Wildman–Crippen LogP) is 3.44. The summed E-state index contributed by atoms with van der Waals surface area (Å²) in [6, 6.07) is 0. The van der Waals surface area contributed by atoms with E-state index in [1.807, 2.05) is 0 Å². The number of amides is 1. The molecule has 9 nitrogen and oxygen atoms in total. The number of rotatable bonds is 9. The molecule has 0 atom stereocenters. The molecule has 30 heavy (non-hydrogen) atoms. The summed E-state index contributed by atoms with van der Waals surface area (Å²) in [7, 11) is 0. The number of nitrogens with zero attached hydrogens (tertiary/aromatic N) is 5. The van der Waals surface area contributed by atoms with E-state index in [1.54, 1.807) is 0 Å². The lowest BCUT2D eigenvalue weighted by Gasteiger charge is -2.08. The van der Waals surface area contributed by atoms with Crippen molar-refractivity contribution in [1.29, 1.82) is 0 Å². The third-order valence-electron chi connectivity index (χ3n) is 4.72. The van der Waals surface area contributed by atoms with Crippen molar-refractivity contribution in [1.82, 2.24) is 24.9 Å². The van der Waals surface area contributed by atoms with Gasteiger partial charge >= 0.3 is 11.9 Å². The Morgan fingerprint density at radius 1 is 1.37 bits per heavy atom. The van der Waals surface area contributed by atoms with Crippen LogP contribution in [0.15, 0.2) is 6.20 Å². The summed E-state index contributed by atoms with van der Waals surface area (Å²) >= 11 is 5.92. The Morgan fingerprint density at radius 2 is 2.07 bits per heavy atom. The fourth-order valence-corrected chi connectivity index (χ4v) is 3.51. The number of aryl methyl sites for hydroxylation is 3. The van der Waals surface area contributed by atoms with Crippen LogP contribution >= 0.6 is 11.6 Å². The number of halogens is 4. The van der Waals surface area contributed by atoms with Gasteiger partial charge in [0, 0.05) is 32.0 Å². The van der Waals surface area contributed by atoms with Crippen LogP contribution in [0.25, 0.3) is 0 Å². The second kappa shape index (κ2) is 8.62. The summed E-state index contributed by atoms with van der Waals surface area (Å²) in [5, 5.41) is 20.8. The molecule has 2 aromatic heterocycles.